The Morgan fingerprint density at radius 1 is 0.417 bits per heavy atom. The molecule has 490 valence electrons. The molecule has 0 radical (unpaired) electrons. The summed E-state index contributed by atoms with van der Waals surface area (Å²) >= 11 is 0. The highest BCUT2D eigenvalue weighted by atomic mass is 31.2. The number of phosphoric ester groups is 1. The third-order valence-corrected chi connectivity index (χ3v) is 16.8. The summed E-state index contributed by atoms with van der Waals surface area (Å²) in [4.78, 5) is 40.2. The van der Waals surface area contributed by atoms with Gasteiger partial charge in [-0.3, -0.25) is 14.2 Å². The summed E-state index contributed by atoms with van der Waals surface area (Å²) in [5, 5.41) is 3.04. The molecule has 0 heterocycles. The van der Waals surface area contributed by atoms with E-state index in [9.17, 15) is 19.0 Å². The molecule has 9 nitrogen and oxygen atoms in total. The molecule has 0 saturated heterocycles. The van der Waals surface area contributed by atoms with Gasteiger partial charge in [-0.05, 0) is 102 Å². The number of quaternary nitrogens is 1. The number of hydrogen-bond donors (Lipinski definition) is 1. The number of allylic oxidation sites excluding steroid dienone is 11. The Hall–Kier alpha value is -2.55. The van der Waals surface area contributed by atoms with E-state index in [0.29, 0.717) is 17.4 Å². The highest BCUT2D eigenvalue weighted by molar-refractivity contribution is 7.45. The van der Waals surface area contributed by atoms with Gasteiger partial charge in [0.15, 0.2) is 0 Å². The fraction of sp³-hybridized carbons (Fsp3) is 0.811. The molecular formula is C74H137N2O7P. The lowest BCUT2D eigenvalue weighted by Crippen LogP contribution is -2.47. The Bertz CT molecular complexity index is 1670. The van der Waals surface area contributed by atoms with Crippen LogP contribution in [0.3, 0.4) is 0 Å². The fourth-order valence-corrected chi connectivity index (χ4v) is 11.0. The maximum absolute atomic E-state index is 13.6. The summed E-state index contributed by atoms with van der Waals surface area (Å²) in [6.45, 7) is 6.82. The first-order valence-corrected chi connectivity index (χ1v) is 37.2. The molecule has 0 aliphatic rings. The average molecular weight is 1200 g/mol. The van der Waals surface area contributed by atoms with Crippen LogP contribution in [0.4, 0.5) is 0 Å². The summed E-state index contributed by atoms with van der Waals surface area (Å²) in [6, 6.07) is -0.893. The number of rotatable bonds is 65. The van der Waals surface area contributed by atoms with E-state index in [2.05, 4.69) is 86.8 Å². The minimum atomic E-state index is -4.71. The third-order valence-electron chi connectivity index (χ3n) is 15.9. The molecule has 1 amide bonds. The molecule has 3 atom stereocenters. The zero-order valence-corrected chi connectivity index (χ0v) is 57.0. The number of hydrogen-bond acceptors (Lipinski definition) is 7. The van der Waals surface area contributed by atoms with Crippen molar-refractivity contribution in [3.8, 4) is 0 Å². The molecule has 0 bridgehead atoms. The fourth-order valence-electron chi connectivity index (χ4n) is 10.3. The van der Waals surface area contributed by atoms with E-state index in [1.54, 1.807) is 0 Å². The molecule has 0 spiro atoms. The van der Waals surface area contributed by atoms with Gasteiger partial charge in [-0.2, -0.15) is 0 Å². The zero-order valence-electron chi connectivity index (χ0n) is 56.1. The molecule has 84 heavy (non-hydrogen) atoms. The molecular weight excluding hydrogens is 1060 g/mol. The van der Waals surface area contributed by atoms with Crippen LogP contribution in [0.25, 0.3) is 0 Å². The van der Waals surface area contributed by atoms with Crippen molar-refractivity contribution in [1.29, 1.82) is 0 Å². The molecule has 0 saturated carbocycles. The number of amides is 1. The molecule has 0 aromatic rings. The summed E-state index contributed by atoms with van der Waals surface area (Å²) in [7, 11) is 1.19. The quantitative estimate of drug-likeness (QED) is 0.0212. The van der Waals surface area contributed by atoms with Crippen molar-refractivity contribution >= 4 is 19.7 Å². The number of nitrogens with zero attached hydrogens (tertiary/aromatic N) is 1. The van der Waals surface area contributed by atoms with E-state index in [4.69, 9.17) is 13.8 Å². The minimum Gasteiger partial charge on any atom is -0.756 e. The minimum absolute atomic E-state index is 0.0239. The van der Waals surface area contributed by atoms with E-state index in [0.717, 1.165) is 83.5 Å². The molecule has 0 aliphatic carbocycles. The molecule has 3 unspecified atom stereocenters. The zero-order chi connectivity index (χ0) is 61.4. The highest BCUT2D eigenvalue weighted by Crippen LogP contribution is 2.38. The van der Waals surface area contributed by atoms with Crippen LogP contribution in [0.2, 0.25) is 0 Å². The maximum Gasteiger partial charge on any atom is 0.306 e. The van der Waals surface area contributed by atoms with Crippen LogP contribution < -0.4 is 10.2 Å². The van der Waals surface area contributed by atoms with E-state index in [1.807, 2.05) is 33.3 Å². The Morgan fingerprint density at radius 3 is 1.11 bits per heavy atom. The molecule has 10 heteroatoms. The largest absolute Gasteiger partial charge is 0.756 e. The summed E-state index contributed by atoms with van der Waals surface area (Å²) in [6.07, 6.45) is 83.1. The Morgan fingerprint density at radius 2 is 0.726 bits per heavy atom. The van der Waals surface area contributed by atoms with Crippen molar-refractivity contribution in [3.05, 3.63) is 72.9 Å². The van der Waals surface area contributed by atoms with Crippen LogP contribution in [0.15, 0.2) is 72.9 Å². The summed E-state index contributed by atoms with van der Waals surface area (Å²) < 4.78 is 30.4. The van der Waals surface area contributed by atoms with Gasteiger partial charge in [0.25, 0.3) is 7.82 Å². The van der Waals surface area contributed by atoms with Crippen molar-refractivity contribution < 1.29 is 37.3 Å². The van der Waals surface area contributed by atoms with Crippen LogP contribution in [0.5, 0.6) is 0 Å². The van der Waals surface area contributed by atoms with Crippen LogP contribution in [-0.4, -0.2) is 69.4 Å². The average Bonchev–Trinajstić information content (AvgIpc) is 3.64. The van der Waals surface area contributed by atoms with Gasteiger partial charge >= 0.3 is 5.97 Å². The summed E-state index contributed by atoms with van der Waals surface area (Å²) in [5.41, 5.74) is 0. The number of phosphoric acid groups is 1. The number of carbonyl (C=O) groups is 2. The van der Waals surface area contributed by atoms with Crippen LogP contribution >= 0.6 is 7.82 Å². The first-order chi connectivity index (χ1) is 40.9. The van der Waals surface area contributed by atoms with E-state index in [-0.39, 0.29) is 31.5 Å². The molecule has 0 aliphatic heterocycles. The molecule has 0 fully saturated rings. The smallest absolute Gasteiger partial charge is 0.306 e. The summed E-state index contributed by atoms with van der Waals surface area (Å²) in [5.74, 6) is -0.537. The predicted molar refractivity (Wildman–Crippen MR) is 362 cm³/mol. The number of carbonyl (C=O) groups excluding carboxylic acids is 2. The van der Waals surface area contributed by atoms with Gasteiger partial charge in [0, 0.05) is 12.8 Å². The van der Waals surface area contributed by atoms with Crippen LogP contribution in [-0.2, 0) is 27.9 Å². The van der Waals surface area contributed by atoms with Crippen molar-refractivity contribution in [2.45, 2.75) is 348 Å². The monoisotopic (exact) mass is 1200 g/mol. The normalized spacial score (nSPS) is 13.9. The third kappa shape index (κ3) is 63.9. The second-order valence-corrected chi connectivity index (χ2v) is 26.8. The predicted octanol–water partition coefficient (Wildman–Crippen LogP) is 22.1. The van der Waals surface area contributed by atoms with Crippen LogP contribution in [0.1, 0.15) is 335 Å². The van der Waals surface area contributed by atoms with Crippen molar-refractivity contribution in [1.82, 2.24) is 5.32 Å². The number of likely N-dealkylation sites (N-methyl/N-ethyl adjacent to an activating group) is 1. The topological polar surface area (TPSA) is 114 Å². The van der Waals surface area contributed by atoms with E-state index < -0.39 is 20.0 Å². The second kappa shape index (κ2) is 63.5. The van der Waals surface area contributed by atoms with Gasteiger partial charge in [0.05, 0.1) is 33.8 Å². The highest BCUT2D eigenvalue weighted by Gasteiger charge is 2.27. The Balaban J connectivity index is 5.03. The van der Waals surface area contributed by atoms with Crippen molar-refractivity contribution in [2.24, 2.45) is 0 Å². The van der Waals surface area contributed by atoms with Gasteiger partial charge in [0.2, 0.25) is 5.91 Å². The Labute approximate surface area is 521 Å². The Kier molecular flexibility index (Phi) is 61.5. The van der Waals surface area contributed by atoms with Crippen LogP contribution in [0, 0.1) is 0 Å². The lowest BCUT2D eigenvalue weighted by Gasteiger charge is -2.30. The molecule has 1 N–H and O–H groups in total. The number of unbranched alkanes of at least 4 members (excludes halogenated alkanes) is 39. The lowest BCUT2D eigenvalue weighted by atomic mass is 10.0. The first kappa shape index (κ1) is 81.5. The number of ether oxygens (including phenoxy) is 1. The molecule has 0 aromatic heterocycles. The van der Waals surface area contributed by atoms with Gasteiger partial charge in [0.1, 0.15) is 19.3 Å². The van der Waals surface area contributed by atoms with Gasteiger partial charge < -0.3 is 28.5 Å². The standard InChI is InChI=1S/C74H137N2O7P/c1-7-10-13-16-19-22-25-28-30-32-34-35-36-37-38-39-40-41-43-44-46-48-51-54-57-60-63-66-73(77)75-71(70-82-84(79,80)81-69-68-76(4,5)6)72(65-62-59-56-53-50-27-24-21-18-15-12-9-3)83-74(78)67-64-61-58-55-52-49-47-45-42-33-31-29-26-23-20-17-14-11-8-2/h19-20,22-23,28-31,34-35,62,65,71-72H,7-18,21,24-27,32-33,36-61,63-64,66-70H2,1-6H3,(H-,75,77,79,80)/b22-19-,23-20-,30-28-,31-29-,35-34-,65-62-. The first-order valence-electron chi connectivity index (χ1n) is 35.7. The lowest BCUT2D eigenvalue weighted by molar-refractivity contribution is -0.870. The number of esters is 1. The number of nitrogens with one attached hydrogen (secondary N) is 1. The van der Waals surface area contributed by atoms with Gasteiger partial charge in [-0.15, -0.1) is 0 Å². The van der Waals surface area contributed by atoms with E-state index >= 15 is 0 Å². The van der Waals surface area contributed by atoms with Gasteiger partial charge in [-0.1, -0.05) is 293 Å². The maximum atomic E-state index is 13.6. The molecule has 0 rings (SSSR count). The van der Waals surface area contributed by atoms with Crippen molar-refractivity contribution in [3.63, 3.8) is 0 Å². The van der Waals surface area contributed by atoms with Crippen molar-refractivity contribution in [2.75, 3.05) is 40.9 Å². The second-order valence-electron chi connectivity index (χ2n) is 25.4. The van der Waals surface area contributed by atoms with E-state index in [1.165, 1.54) is 218 Å². The molecule has 0 aromatic carbocycles. The van der Waals surface area contributed by atoms with Gasteiger partial charge in [-0.25, -0.2) is 0 Å². The SMILES string of the molecule is CCCCC/C=C\C/C=C\C/C=C\CCCCCCCCCCCCCCCCC(=O)NC(COP(=O)([O-])OCC[N+](C)(C)C)C(/C=C\CCCCCCCCCCCC)OC(=O)CCCCCCCCCCC/C=C\C/C=C\CCCCC.